The highest BCUT2D eigenvalue weighted by molar-refractivity contribution is 7.89. The average Bonchev–Trinajstić information content (AvgIpc) is 2.92. The van der Waals surface area contributed by atoms with Gasteiger partial charge in [0, 0.05) is 24.7 Å². The molecular weight excluding hydrogens is 270 g/mol. The normalized spacial score (nSPS) is 20.4. The molecule has 1 unspecified atom stereocenters. The Hall–Kier alpha value is -1.93. The molecule has 1 atom stereocenters. The lowest BCUT2D eigenvalue weighted by molar-refractivity contribution is -0.117. The lowest BCUT2D eigenvalue weighted by Crippen LogP contribution is -2.32. The lowest BCUT2D eigenvalue weighted by atomic mass is 10.2. The minimum Gasteiger partial charge on any atom is -0.443 e. The maximum absolute atomic E-state index is 11.9. The Morgan fingerprint density at radius 3 is 2.89 bits per heavy atom. The Bertz CT molecular complexity index is 752. The molecule has 3 rings (SSSR count). The summed E-state index contributed by atoms with van der Waals surface area (Å²) in [6.45, 7) is 0.0668. The molecule has 1 fully saturated rings. The third kappa shape index (κ3) is 2.08. The number of fused-ring (bicyclic) bond motifs is 1. The van der Waals surface area contributed by atoms with Gasteiger partial charge in [0.1, 0.15) is 10.8 Å². The number of primary sulfonamides is 1. The van der Waals surface area contributed by atoms with Crippen LogP contribution in [-0.2, 0) is 14.8 Å². The minimum absolute atomic E-state index is 0.0668. The number of oxazole rings is 1. The summed E-state index contributed by atoms with van der Waals surface area (Å²) in [6.07, 6.45) is 1.22. The van der Waals surface area contributed by atoms with Crippen LogP contribution in [0, 0.1) is 0 Å². The van der Waals surface area contributed by atoms with Crippen LogP contribution in [0.3, 0.4) is 0 Å². The number of carbonyl (C=O) groups is 1. The van der Waals surface area contributed by atoms with E-state index in [0.717, 1.165) is 0 Å². The van der Waals surface area contributed by atoms with Crippen molar-refractivity contribution in [3.05, 3.63) is 24.6 Å². The topological polar surface area (TPSA) is 106 Å². The molecular formula is C11H11N3O4S. The fourth-order valence-corrected chi connectivity index (χ4v) is 2.89. The molecule has 2 heterocycles. The van der Waals surface area contributed by atoms with Gasteiger partial charge in [0.05, 0.1) is 0 Å². The van der Waals surface area contributed by atoms with Gasteiger partial charge in [-0.3, -0.25) is 4.79 Å². The van der Waals surface area contributed by atoms with Crippen LogP contribution in [0.5, 0.6) is 0 Å². The van der Waals surface area contributed by atoms with Gasteiger partial charge in [-0.2, -0.15) is 0 Å². The third-order valence-corrected chi connectivity index (χ3v) is 4.43. The summed E-state index contributed by atoms with van der Waals surface area (Å²) in [5, 5.41) is 4.23. The summed E-state index contributed by atoms with van der Waals surface area (Å²) in [5.41, 5.74) is 1.81. The van der Waals surface area contributed by atoms with Crippen LogP contribution in [0.1, 0.15) is 6.42 Å². The van der Waals surface area contributed by atoms with E-state index in [0.29, 0.717) is 16.8 Å². The van der Waals surface area contributed by atoms with Gasteiger partial charge in [0.15, 0.2) is 12.0 Å². The fourth-order valence-electron chi connectivity index (χ4n) is 2.16. The van der Waals surface area contributed by atoms with Crippen molar-refractivity contribution in [2.75, 3.05) is 11.4 Å². The molecule has 19 heavy (non-hydrogen) atoms. The molecule has 0 bridgehead atoms. The second kappa shape index (κ2) is 4.04. The maximum Gasteiger partial charge on any atom is 0.228 e. The van der Waals surface area contributed by atoms with Crippen molar-refractivity contribution in [2.24, 2.45) is 5.14 Å². The fraction of sp³-hybridized carbons (Fsp3) is 0.273. The first kappa shape index (κ1) is 12.1. The quantitative estimate of drug-likeness (QED) is 0.847. The molecule has 1 aromatic heterocycles. The first-order valence-electron chi connectivity index (χ1n) is 5.60. The molecule has 8 heteroatoms. The number of anilines is 1. The Morgan fingerprint density at radius 1 is 1.42 bits per heavy atom. The van der Waals surface area contributed by atoms with Crippen molar-refractivity contribution in [1.29, 1.82) is 0 Å². The number of sulfonamides is 1. The molecule has 2 aromatic rings. The molecule has 0 radical (unpaired) electrons. The molecule has 1 amide bonds. The van der Waals surface area contributed by atoms with Gasteiger partial charge in [-0.15, -0.1) is 0 Å². The predicted molar refractivity (Wildman–Crippen MR) is 67.9 cm³/mol. The number of hydrogen-bond acceptors (Lipinski definition) is 5. The molecule has 1 aliphatic heterocycles. The summed E-state index contributed by atoms with van der Waals surface area (Å²) in [4.78, 5) is 17.2. The Labute approximate surface area is 109 Å². The molecule has 0 saturated carbocycles. The zero-order valence-corrected chi connectivity index (χ0v) is 10.6. The van der Waals surface area contributed by atoms with E-state index in [4.69, 9.17) is 9.56 Å². The second-order valence-corrected chi connectivity index (χ2v) is 6.27. The van der Waals surface area contributed by atoms with Crippen LogP contribution in [0.25, 0.3) is 11.1 Å². The Morgan fingerprint density at radius 2 is 2.21 bits per heavy atom. The van der Waals surface area contributed by atoms with Crippen molar-refractivity contribution in [3.8, 4) is 0 Å². The monoisotopic (exact) mass is 281 g/mol. The number of hydrogen-bond donors (Lipinski definition) is 1. The van der Waals surface area contributed by atoms with E-state index in [1.54, 1.807) is 18.2 Å². The van der Waals surface area contributed by atoms with Crippen LogP contribution < -0.4 is 10.0 Å². The van der Waals surface area contributed by atoms with Gasteiger partial charge in [-0.1, -0.05) is 0 Å². The molecule has 1 aliphatic rings. The molecule has 0 spiro atoms. The predicted octanol–water partition coefficient (Wildman–Crippen LogP) is 0.222. The van der Waals surface area contributed by atoms with Crippen LogP contribution in [-0.4, -0.2) is 31.1 Å². The summed E-state index contributed by atoms with van der Waals surface area (Å²) in [7, 11) is -3.71. The number of benzene rings is 1. The first-order chi connectivity index (χ1) is 8.95. The SMILES string of the molecule is NS(=O)(=O)C1CC(=O)N(c2ccc3ncoc3c2)C1. The Kier molecular flexibility index (Phi) is 2.58. The third-order valence-electron chi connectivity index (χ3n) is 3.18. The van der Waals surface area contributed by atoms with Crippen molar-refractivity contribution in [1.82, 2.24) is 4.98 Å². The zero-order chi connectivity index (χ0) is 13.6. The summed E-state index contributed by atoms with van der Waals surface area (Å²) in [5.74, 6) is -0.266. The number of nitrogens with zero attached hydrogens (tertiary/aromatic N) is 2. The van der Waals surface area contributed by atoms with E-state index in [-0.39, 0.29) is 18.9 Å². The highest BCUT2D eigenvalue weighted by atomic mass is 32.2. The second-order valence-electron chi connectivity index (χ2n) is 4.42. The summed E-state index contributed by atoms with van der Waals surface area (Å²) >= 11 is 0. The van der Waals surface area contributed by atoms with Crippen LogP contribution in [0.2, 0.25) is 0 Å². The van der Waals surface area contributed by atoms with Crippen molar-refractivity contribution >= 4 is 32.7 Å². The molecule has 2 N–H and O–H groups in total. The Balaban J connectivity index is 1.96. The van der Waals surface area contributed by atoms with Gasteiger partial charge in [0.25, 0.3) is 0 Å². The largest absolute Gasteiger partial charge is 0.443 e. The van der Waals surface area contributed by atoms with E-state index in [2.05, 4.69) is 4.98 Å². The van der Waals surface area contributed by atoms with E-state index >= 15 is 0 Å². The van der Waals surface area contributed by atoms with Crippen molar-refractivity contribution in [3.63, 3.8) is 0 Å². The molecule has 7 nitrogen and oxygen atoms in total. The minimum atomic E-state index is -3.71. The lowest BCUT2D eigenvalue weighted by Gasteiger charge is -2.15. The number of aromatic nitrogens is 1. The van der Waals surface area contributed by atoms with Crippen LogP contribution >= 0.6 is 0 Å². The first-order valence-corrected chi connectivity index (χ1v) is 7.21. The summed E-state index contributed by atoms with van der Waals surface area (Å²) < 4.78 is 27.8. The van der Waals surface area contributed by atoms with E-state index in [1.807, 2.05) is 0 Å². The number of amides is 1. The highest BCUT2D eigenvalue weighted by Gasteiger charge is 2.37. The van der Waals surface area contributed by atoms with Crippen LogP contribution in [0.4, 0.5) is 5.69 Å². The number of nitrogens with two attached hydrogens (primary N) is 1. The van der Waals surface area contributed by atoms with Crippen molar-refractivity contribution in [2.45, 2.75) is 11.7 Å². The summed E-state index contributed by atoms with van der Waals surface area (Å²) in [6, 6.07) is 5.08. The molecule has 1 saturated heterocycles. The van der Waals surface area contributed by atoms with Crippen LogP contribution in [0.15, 0.2) is 29.0 Å². The highest BCUT2D eigenvalue weighted by Crippen LogP contribution is 2.27. The molecule has 100 valence electrons. The van der Waals surface area contributed by atoms with E-state index < -0.39 is 15.3 Å². The van der Waals surface area contributed by atoms with Gasteiger partial charge in [0.2, 0.25) is 15.9 Å². The number of rotatable bonds is 2. The maximum atomic E-state index is 11.9. The smallest absolute Gasteiger partial charge is 0.228 e. The molecule has 1 aromatic carbocycles. The average molecular weight is 281 g/mol. The van der Waals surface area contributed by atoms with Gasteiger partial charge < -0.3 is 9.32 Å². The van der Waals surface area contributed by atoms with Gasteiger partial charge in [-0.05, 0) is 12.1 Å². The van der Waals surface area contributed by atoms with Gasteiger partial charge >= 0.3 is 0 Å². The van der Waals surface area contributed by atoms with E-state index in [9.17, 15) is 13.2 Å². The standard InChI is InChI=1S/C11H11N3O4S/c12-19(16,17)8-4-11(15)14(5-8)7-1-2-9-10(3-7)18-6-13-9/h1-3,6,8H,4-5H2,(H2,12,16,17). The number of carbonyl (C=O) groups excluding carboxylic acids is 1. The van der Waals surface area contributed by atoms with E-state index in [1.165, 1.54) is 11.3 Å². The molecule has 0 aliphatic carbocycles. The van der Waals surface area contributed by atoms with Gasteiger partial charge in [-0.25, -0.2) is 18.5 Å². The zero-order valence-electron chi connectivity index (χ0n) is 9.81. The van der Waals surface area contributed by atoms with Crippen molar-refractivity contribution < 1.29 is 17.6 Å².